The number of aromatic hydroxyl groups is 1. The maximum atomic E-state index is 12.7. The van der Waals surface area contributed by atoms with E-state index in [1.807, 2.05) is 0 Å². The van der Waals surface area contributed by atoms with Gasteiger partial charge in [-0.2, -0.15) is 0 Å². The molecule has 1 heterocycles. The summed E-state index contributed by atoms with van der Waals surface area (Å²) in [6, 6.07) is 8.50. The first kappa shape index (κ1) is 16.4. The highest BCUT2D eigenvalue weighted by Gasteiger charge is 2.24. The highest BCUT2D eigenvalue weighted by atomic mass is 79.9. The number of phenols is 1. The Kier molecular flexibility index (Phi) is 4.49. The lowest BCUT2D eigenvalue weighted by Gasteiger charge is -2.19. The Hall–Kier alpha value is -2.47. The summed E-state index contributed by atoms with van der Waals surface area (Å²) in [4.78, 5) is 12.7. The number of hydrogen-bond donors (Lipinski definition) is 1. The van der Waals surface area contributed by atoms with Crippen LogP contribution in [0.3, 0.4) is 0 Å². The van der Waals surface area contributed by atoms with Gasteiger partial charge >= 0.3 is 0 Å². The number of rotatable bonds is 3. The van der Waals surface area contributed by atoms with E-state index in [-0.39, 0.29) is 18.1 Å². The van der Waals surface area contributed by atoms with E-state index in [4.69, 9.17) is 14.2 Å². The van der Waals surface area contributed by atoms with Gasteiger partial charge in [-0.1, -0.05) is 0 Å². The summed E-state index contributed by atoms with van der Waals surface area (Å²) >= 11 is 3.27. The average Bonchev–Trinajstić information content (AvgIpc) is 2.60. The van der Waals surface area contributed by atoms with Crippen LogP contribution in [0.15, 0.2) is 40.4 Å². The van der Waals surface area contributed by atoms with E-state index >= 15 is 0 Å². The molecule has 124 valence electrons. The fourth-order valence-corrected chi connectivity index (χ4v) is 2.93. The topological polar surface area (TPSA) is 65.0 Å². The molecular formula is C18H15BrO5. The van der Waals surface area contributed by atoms with Gasteiger partial charge in [0.15, 0.2) is 17.3 Å². The fourth-order valence-electron chi connectivity index (χ4n) is 2.47. The van der Waals surface area contributed by atoms with Crippen molar-refractivity contribution in [2.45, 2.75) is 0 Å². The summed E-state index contributed by atoms with van der Waals surface area (Å²) in [7, 11) is 3.02. The van der Waals surface area contributed by atoms with Crippen LogP contribution in [0.4, 0.5) is 0 Å². The van der Waals surface area contributed by atoms with E-state index < -0.39 is 0 Å². The molecule has 0 unspecified atom stereocenters. The summed E-state index contributed by atoms with van der Waals surface area (Å²) < 4.78 is 16.4. The van der Waals surface area contributed by atoms with Gasteiger partial charge in [-0.05, 0) is 57.9 Å². The first-order valence-corrected chi connectivity index (χ1v) is 7.95. The minimum Gasteiger partial charge on any atom is -0.503 e. The predicted octanol–water partition coefficient (Wildman–Crippen LogP) is 3.83. The third-order valence-electron chi connectivity index (χ3n) is 3.72. The highest BCUT2D eigenvalue weighted by molar-refractivity contribution is 9.10. The summed E-state index contributed by atoms with van der Waals surface area (Å²) in [5, 5.41) is 9.87. The number of carbonyl (C=O) groups excluding carboxylic acids is 1. The first-order chi connectivity index (χ1) is 11.5. The van der Waals surface area contributed by atoms with Crippen LogP contribution >= 0.6 is 15.9 Å². The standard InChI is InChI=1S/C18H15BrO5/c1-22-12-3-4-15-13(8-12)17(20)11(9-24-15)5-10-6-14(19)18(21)16(7-10)23-2/h3-8,21H,9H2,1-2H3/b11-5+. The molecule has 1 N–H and O–H groups in total. The van der Waals surface area contributed by atoms with E-state index in [0.29, 0.717) is 32.9 Å². The van der Waals surface area contributed by atoms with Crippen LogP contribution in [0.1, 0.15) is 15.9 Å². The Morgan fingerprint density at radius 1 is 1.21 bits per heavy atom. The van der Waals surface area contributed by atoms with Crippen molar-refractivity contribution < 1.29 is 24.1 Å². The summed E-state index contributed by atoms with van der Waals surface area (Å²) in [6.07, 6.45) is 1.72. The Labute approximate surface area is 147 Å². The lowest BCUT2D eigenvalue weighted by Crippen LogP contribution is -2.19. The van der Waals surface area contributed by atoms with Crippen LogP contribution in [0.5, 0.6) is 23.0 Å². The molecule has 1 aliphatic rings. The van der Waals surface area contributed by atoms with Crippen LogP contribution in [0.2, 0.25) is 0 Å². The van der Waals surface area contributed by atoms with Crippen LogP contribution in [0.25, 0.3) is 6.08 Å². The van der Waals surface area contributed by atoms with Gasteiger partial charge in [-0.3, -0.25) is 4.79 Å². The third kappa shape index (κ3) is 2.97. The normalized spacial score (nSPS) is 15.0. The van der Waals surface area contributed by atoms with Gasteiger partial charge in [0.1, 0.15) is 18.1 Å². The number of carbonyl (C=O) groups is 1. The molecule has 2 aromatic carbocycles. The largest absolute Gasteiger partial charge is 0.503 e. The zero-order chi connectivity index (χ0) is 17.3. The van der Waals surface area contributed by atoms with Crippen molar-refractivity contribution in [2.75, 3.05) is 20.8 Å². The fraction of sp³-hybridized carbons (Fsp3) is 0.167. The van der Waals surface area contributed by atoms with E-state index in [2.05, 4.69) is 15.9 Å². The van der Waals surface area contributed by atoms with Gasteiger partial charge < -0.3 is 19.3 Å². The molecule has 5 nitrogen and oxygen atoms in total. The van der Waals surface area contributed by atoms with E-state index in [1.165, 1.54) is 7.11 Å². The van der Waals surface area contributed by atoms with Crippen molar-refractivity contribution in [1.82, 2.24) is 0 Å². The van der Waals surface area contributed by atoms with Gasteiger partial charge in [-0.25, -0.2) is 0 Å². The van der Waals surface area contributed by atoms with Gasteiger partial charge in [0.25, 0.3) is 0 Å². The van der Waals surface area contributed by atoms with Crippen molar-refractivity contribution in [3.8, 4) is 23.0 Å². The summed E-state index contributed by atoms with van der Waals surface area (Å²) in [6.45, 7) is 0.180. The molecule has 0 fully saturated rings. The van der Waals surface area contributed by atoms with E-state index in [9.17, 15) is 9.90 Å². The highest BCUT2D eigenvalue weighted by Crippen LogP contribution is 2.37. The SMILES string of the molecule is COc1ccc2c(c1)C(=O)/C(=C/c1cc(Br)c(O)c(OC)c1)CO2. The van der Waals surface area contributed by atoms with Crippen LogP contribution in [0, 0.1) is 0 Å². The lowest BCUT2D eigenvalue weighted by molar-refractivity contribution is 0.100. The second kappa shape index (κ2) is 6.57. The Balaban J connectivity index is 2.00. The molecular weight excluding hydrogens is 376 g/mol. The second-order valence-electron chi connectivity index (χ2n) is 5.20. The molecule has 1 aliphatic heterocycles. The van der Waals surface area contributed by atoms with E-state index in [0.717, 1.165) is 5.56 Å². The summed E-state index contributed by atoms with van der Waals surface area (Å²) in [5.74, 6) is 1.37. The van der Waals surface area contributed by atoms with Crippen LogP contribution in [-0.2, 0) is 0 Å². The molecule has 0 saturated heterocycles. The minimum absolute atomic E-state index is 0.0148. The molecule has 0 spiro atoms. The van der Waals surface area contributed by atoms with Crippen molar-refractivity contribution in [3.63, 3.8) is 0 Å². The van der Waals surface area contributed by atoms with E-state index in [1.54, 1.807) is 43.5 Å². The third-order valence-corrected chi connectivity index (χ3v) is 4.32. The predicted molar refractivity (Wildman–Crippen MR) is 93.2 cm³/mol. The van der Waals surface area contributed by atoms with Gasteiger partial charge in [0.05, 0.1) is 24.3 Å². The van der Waals surface area contributed by atoms with Crippen LogP contribution in [-0.4, -0.2) is 31.7 Å². The average molecular weight is 391 g/mol. The second-order valence-corrected chi connectivity index (χ2v) is 6.06. The lowest BCUT2D eigenvalue weighted by atomic mass is 9.98. The molecule has 0 atom stereocenters. The molecule has 0 saturated carbocycles. The monoisotopic (exact) mass is 390 g/mol. The number of methoxy groups -OCH3 is 2. The molecule has 0 amide bonds. The number of ether oxygens (including phenoxy) is 3. The number of hydrogen-bond acceptors (Lipinski definition) is 5. The Bertz CT molecular complexity index is 842. The molecule has 0 aliphatic carbocycles. The molecule has 0 radical (unpaired) electrons. The van der Waals surface area contributed by atoms with Gasteiger partial charge in [-0.15, -0.1) is 0 Å². The Morgan fingerprint density at radius 2 is 2.00 bits per heavy atom. The van der Waals surface area contributed by atoms with Crippen LogP contribution < -0.4 is 14.2 Å². The van der Waals surface area contributed by atoms with Crippen molar-refractivity contribution in [2.24, 2.45) is 0 Å². The number of ketones is 1. The van der Waals surface area contributed by atoms with Crippen molar-refractivity contribution in [1.29, 1.82) is 0 Å². The van der Waals surface area contributed by atoms with Gasteiger partial charge in [0, 0.05) is 5.57 Å². The molecule has 0 aromatic heterocycles. The maximum Gasteiger partial charge on any atom is 0.196 e. The molecule has 0 bridgehead atoms. The number of Topliss-reactive ketones (excluding diaryl/α,β-unsaturated/α-hetero) is 1. The zero-order valence-electron chi connectivity index (χ0n) is 13.1. The summed E-state index contributed by atoms with van der Waals surface area (Å²) in [5.41, 5.74) is 1.70. The van der Waals surface area contributed by atoms with Crippen molar-refractivity contribution >= 4 is 27.8 Å². The van der Waals surface area contributed by atoms with Gasteiger partial charge in [0.2, 0.25) is 0 Å². The minimum atomic E-state index is -0.113. The zero-order valence-corrected chi connectivity index (χ0v) is 14.7. The molecule has 6 heteroatoms. The number of phenolic OH excluding ortho intramolecular Hbond substituents is 1. The number of fused-ring (bicyclic) bond motifs is 1. The maximum absolute atomic E-state index is 12.7. The number of halogens is 1. The van der Waals surface area contributed by atoms with Crippen molar-refractivity contribution in [3.05, 3.63) is 51.5 Å². The smallest absolute Gasteiger partial charge is 0.196 e. The quantitative estimate of drug-likeness (QED) is 0.806. The molecule has 24 heavy (non-hydrogen) atoms. The molecule has 3 rings (SSSR count). The Morgan fingerprint density at radius 3 is 2.71 bits per heavy atom. The molecule has 2 aromatic rings. The first-order valence-electron chi connectivity index (χ1n) is 7.16. The number of benzene rings is 2.